The normalized spacial score (nSPS) is 18.7. The van der Waals surface area contributed by atoms with Gasteiger partial charge in [-0.05, 0) is 12.2 Å². The third-order valence-electron chi connectivity index (χ3n) is 4.07. The Labute approximate surface area is 157 Å². The van der Waals surface area contributed by atoms with Crippen molar-refractivity contribution in [3.8, 4) is 0 Å². The number of carbonyl (C=O) groups is 2. The van der Waals surface area contributed by atoms with Crippen LogP contribution in [0.2, 0.25) is 0 Å². The van der Waals surface area contributed by atoms with Crippen molar-refractivity contribution in [1.29, 1.82) is 0 Å². The second kappa shape index (κ2) is 7.36. The van der Waals surface area contributed by atoms with Crippen LogP contribution in [0.25, 0.3) is 0 Å². The second-order valence-corrected chi connectivity index (χ2v) is 8.00. The number of hydrogen-bond donors (Lipinski definition) is 0. The maximum atomic E-state index is 12.8. The first-order valence-electron chi connectivity index (χ1n) is 8.24. The zero-order valence-electron chi connectivity index (χ0n) is 14.9. The molecule has 0 bridgehead atoms. The van der Waals surface area contributed by atoms with Crippen LogP contribution < -0.4 is 0 Å². The van der Waals surface area contributed by atoms with Gasteiger partial charge in [0.2, 0.25) is 6.10 Å². The van der Waals surface area contributed by atoms with Crippen LogP contribution >= 0.6 is 0 Å². The van der Waals surface area contributed by atoms with Gasteiger partial charge in [-0.1, -0.05) is 30.3 Å². The number of amidine groups is 1. The summed E-state index contributed by atoms with van der Waals surface area (Å²) in [5.74, 6) is -1.34. The maximum Gasteiger partial charge on any atom is 0.343 e. The third kappa shape index (κ3) is 4.08. The van der Waals surface area contributed by atoms with Gasteiger partial charge in [-0.15, -0.1) is 4.40 Å². The Balaban J connectivity index is 1.92. The van der Waals surface area contributed by atoms with E-state index in [0.29, 0.717) is 5.56 Å². The zero-order chi connectivity index (χ0) is 19.6. The number of hydrogen-bond acceptors (Lipinski definition) is 6. The van der Waals surface area contributed by atoms with E-state index < -0.39 is 28.0 Å². The molecule has 8 nitrogen and oxygen atoms in total. The molecule has 0 saturated carbocycles. The van der Waals surface area contributed by atoms with E-state index in [1.165, 1.54) is 11.0 Å². The molecule has 1 atom stereocenters. The molecule has 0 saturated heterocycles. The van der Waals surface area contributed by atoms with E-state index in [9.17, 15) is 18.0 Å². The number of likely N-dealkylation sites (N-methyl/N-ethyl adjacent to an activating group) is 1. The van der Waals surface area contributed by atoms with Gasteiger partial charge in [-0.3, -0.25) is 4.79 Å². The van der Waals surface area contributed by atoms with Crippen molar-refractivity contribution in [1.82, 2.24) is 9.80 Å². The molecule has 2 aliphatic rings. The molecule has 0 spiro atoms. The molecule has 9 heteroatoms. The van der Waals surface area contributed by atoms with Crippen LogP contribution in [0.1, 0.15) is 11.7 Å². The maximum absolute atomic E-state index is 12.8. The lowest BCUT2D eigenvalue weighted by Gasteiger charge is -2.29. The largest absolute Gasteiger partial charge is 0.444 e. The van der Waals surface area contributed by atoms with Crippen molar-refractivity contribution in [2.45, 2.75) is 6.10 Å². The van der Waals surface area contributed by atoms with Gasteiger partial charge in [0.05, 0.1) is 5.75 Å². The molecule has 1 unspecified atom stereocenters. The molecule has 2 aliphatic heterocycles. The molecule has 1 amide bonds. The minimum absolute atomic E-state index is 0.00624. The fourth-order valence-corrected chi connectivity index (χ4v) is 3.65. The monoisotopic (exact) mass is 389 g/mol. The average molecular weight is 389 g/mol. The fourth-order valence-electron chi connectivity index (χ4n) is 2.67. The highest BCUT2D eigenvalue weighted by Gasteiger charge is 2.34. The van der Waals surface area contributed by atoms with Crippen LogP contribution in [0.15, 0.2) is 58.7 Å². The smallest absolute Gasteiger partial charge is 0.343 e. The van der Waals surface area contributed by atoms with Gasteiger partial charge in [0.15, 0.2) is 5.84 Å². The molecule has 3 rings (SSSR count). The van der Waals surface area contributed by atoms with Crippen molar-refractivity contribution >= 4 is 27.7 Å². The summed E-state index contributed by atoms with van der Waals surface area (Å²) >= 11 is 0. The number of nitrogens with zero attached hydrogens (tertiary/aromatic N) is 3. The summed E-state index contributed by atoms with van der Waals surface area (Å²) in [4.78, 5) is 28.2. The number of esters is 1. The summed E-state index contributed by atoms with van der Waals surface area (Å²) in [5.41, 5.74) is 0.514. The Morgan fingerprint density at radius 1 is 1.22 bits per heavy atom. The van der Waals surface area contributed by atoms with E-state index in [1.54, 1.807) is 61.6 Å². The molecule has 0 aliphatic carbocycles. The summed E-state index contributed by atoms with van der Waals surface area (Å²) in [6.45, 7) is 0.195. The quantitative estimate of drug-likeness (QED) is 0.709. The SMILES string of the molecule is CN(C)C(=O)C(OC(=O)C1=CC=CN2CCS(=O)(=O)N=C12)c1ccccc1. The highest BCUT2D eigenvalue weighted by molar-refractivity contribution is 7.90. The lowest BCUT2D eigenvalue weighted by Crippen LogP contribution is -2.41. The topological polar surface area (TPSA) is 96.4 Å². The second-order valence-electron chi connectivity index (χ2n) is 6.24. The van der Waals surface area contributed by atoms with Crippen LogP contribution in [0, 0.1) is 0 Å². The van der Waals surface area contributed by atoms with E-state index in [0.717, 1.165) is 0 Å². The summed E-state index contributed by atoms with van der Waals surface area (Å²) < 4.78 is 32.9. The Morgan fingerprint density at radius 3 is 2.59 bits per heavy atom. The molecule has 2 heterocycles. The predicted molar refractivity (Wildman–Crippen MR) is 99.1 cm³/mol. The van der Waals surface area contributed by atoms with E-state index in [1.807, 2.05) is 0 Å². The molecule has 0 fully saturated rings. The number of amides is 1. The Kier molecular flexibility index (Phi) is 5.13. The average Bonchev–Trinajstić information content (AvgIpc) is 2.64. The summed E-state index contributed by atoms with van der Waals surface area (Å²) in [5, 5.41) is 0. The molecule has 27 heavy (non-hydrogen) atoms. The van der Waals surface area contributed by atoms with E-state index in [2.05, 4.69) is 4.40 Å². The predicted octanol–water partition coefficient (Wildman–Crippen LogP) is 0.857. The number of ether oxygens (including phenoxy) is 1. The summed E-state index contributed by atoms with van der Waals surface area (Å²) in [6, 6.07) is 8.63. The van der Waals surface area contributed by atoms with Gasteiger partial charge in [0.1, 0.15) is 5.57 Å². The van der Waals surface area contributed by atoms with Crippen molar-refractivity contribution in [3.05, 3.63) is 59.8 Å². The molecule has 142 valence electrons. The standard InChI is InChI=1S/C18H19N3O5S/c1-20(2)17(22)15(13-7-4-3-5-8-13)26-18(23)14-9-6-10-21-11-12-27(24,25)19-16(14)21/h3-10,15H,11-12H2,1-2H3. The molecule has 0 N–H and O–H groups in total. The zero-order valence-corrected chi connectivity index (χ0v) is 15.7. The van der Waals surface area contributed by atoms with E-state index in [-0.39, 0.29) is 23.7 Å². The Hall–Kier alpha value is -2.94. The first-order valence-corrected chi connectivity index (χ1v) is 9.84. The van der Waals surface area contributed by atoms with Gasteiger partial charge in [-0.25, -0.2) is 13.2 Å². The molecule has 1 aromatic carbocycles. The van der Waals surface area contributed by atoms with Crippen molar-refractivity contribution < 1.29 is 22.7 Å². The number of rotatable bonds is 4. The lowest BCUT2D eigenvalue weighted by molar-refractivity contribution is -0.156. The van der Waals surface area contributed by atoms with E-state index >= 15 is 0 Å². The molecular weight excluding hydrogens is 370 g/mol. The van der Waals surface area contributed by atoms with Crippen LogP contribution in [0.4, 0.5) is 0 Å². The van der Waals surface area contributed by atoms with Gasteiger partial charge < -0.3 is 14.5 Å². The van der Waals surface area contributed by atoms with Crippen LogP contribution in [0.3, 0.4) is 0 Å². The first-order chi connectivity index (χ1) is 12.8. The van der Waals surface area contributed by atoms with Gasteiger partial charge in [-0.2, -0.15) is 0 Å². The van der Waals surface area contributed by atoms with Crippen molar-refractivity contribution in [3.63, 3.8) is 0 Å². The highest BCUT2D eigenvalue weighted by Crippen LogP contribution is 2.24. The number of fused-ring (bicyclic) bond motifs is 1. The number of carbonyl (C=O) groups excluding carboxylic acids is 2. The summed E-state index contributed by atoms with van der Waals surface area (Å²) in [7, 11) is -0.514. The van der Waals surface area contributed by atoms with Crippen LogP contribution in [0.5, 0.6) is 0 Å². The Bertz CT molecular complexity index is 948. The first kappa shape index (κ1) is 18.8. The Morgan fingerprint density at radius 2 is 1.93 bits per heavy atom. The van der Waals surface area contributed by atoms with Gasteiger partial charge >= 0.3 is 5.97 Å². The molecule has 0 radical (unpaired) electrons. The number of sulfonamides is 1. The highest BCUT2D eigenvalue weighted by atomic mass is 32.2. The van der Waals surface area contributed by atoms with Gasteiger partial charge in [0, 0.05) is 32.4 Å². The summed E-state index contributed by atoms with van der Waals surface area (Å²) in [6.07, 6.45) is 3.54. The fraction of sp³-hybridized carbons (Fsp3) is 0.278. The van der Waals surface area contributed by atoms with Gasteiger partial charge in [0.25, 0.3) is 15.9 Å². The number of benzene rings is 1. The molecule has 1 aromatic rings. The van der Waals surface area contributed by atoms with Crippen molar-refractivity contribution in [2.24, 2.45) is 4.40 Å². The lowest BCUT2D eigenvalue weighted by atomic mass is 10.1. The minimum Gasteiger partial charge on any atom is -0.444 e. The minimum atomic E-state index is -3.64. The third-order valence-corrected chi connectivity index (χ3v) is 5.22. The van der Waals surface area contributed by atoms with Crippen molar-refractivity contribution in [2.75, 3.05) is 26.4 Å². The van der Waals surface area contributed by atoms with Crippen LogP contribution in [-0.4, -0.2) is 62.3 Å². The molecular formula is C18H19N3O5S. The molecule has 0 aromatic heterocycles. The van der Waals surface area contributed by atoms with E-state index in [4.69, 9.17) is 4.74 Å². The number of allylic oxidation sites excluding steroid dienone is 2. The van der Waals surface area contributed by atoms with Crippen LogP contribution in [-0.2, 0) is 24.3 Å².